The van der Waals surface area contributed by atoms with Crippen LogP contribution < -0.4 is 0 Å². The molecular weight excluding hydrogens is 230 g/mol. The highest BCUT2D eigenvalue weighted by Crippen LogP contribution is 2.19. The van der Waals surface area contributed by atoms with Gasteiger partial charge in [-0.3, -0.25) is 0 Å². The van der Waals surface area contributed by atoms with E-state index in [1.54, 1.807) is 0 Å². The third-order valence-corrected chi connectivity index (χ3v) is 3.86. The highest BCUT2D eigenvalue weighted by molar-refractivity contribution is 7.99. The average Bonchev–Trinajstić information content (AvgIpc) is 2.66. The maximum atomic E-state index is 10.9. The van der Waals surface area contributed by atoms with E-state index in [0.717, 1.165) is 42.3 Å². The van der Waals surface area contributed by atoms with E-state index in [4.69, 9.17) is 17.3 Å². The van der Waals surface area contributed by atoms with Crippen LogP contribution in [0, 0.1) is 0 Å². The molecule has 0 saturated carbocycles. The third kappa shape index (κ3) is 3.65. The van der Waals surface area contributed by atoms with Crippen LogP contribution in [0.5, 0.6) is 0 Å². The van der Waals surface area contributed by atoms with Gasteiger partial charge in [-0.2, -0.15) is 11.8 Å². The zero-order valence-electron chi connectivity index (χ0n) is 8.94. The first kappa shape index (κ1) is 12.8. The van der Waals surface area contributed by atoms with Gasteiger partial charge in [0.2, 0.25) is 0 Å². The van der Waals surface area contributed by atoms with Gasteiger partial charge >= 0.3 is 5.97 Å². The second kappa shape index (κ2) is 6.33. The Bertz CT molecular complexity index is 246. The van der Waals surface area contributed by atoms with Crippen LogP contribution in [0.2, 0.25) is 0 Å². The predicted octanol–water partition coefficient (Wildman–Crippen LogP) is 2.01. The molecule has 0 unspecified atom stereocenters. The van der Waals surface area contributed by atoms with Crippen molar-refractivity contribution in [3.05, 3.63) is 0 Å². The molecule has 1 fully saturated rings. The van der Waals surface area contributed by atoms with Crippen molar-refractivity contribution in [3.63, 3.8) is 0 Å². The maximum Gasteiger partial charge on any atom is 0.326 e. The lowest BCUT2D eigenvalue weighted by Crippen LogP contribution is -2.39. The molecule has 5 heteroatoms. The predicted molar refractivity (Wildman–Crippen MR) is 67.6 cm³/mol. The molecular formula is C10H17NO2S2. The number of likely N-dealkylation sites (tertiary alicyclic amines) is 1. The van der Waals surface area contributed by atoms with Crippen LogP contribution >= 0.6 is 24.0 Å². The molecule has 0 bridgehead atoms. The van der Waals surface area contributed by atoms with E-state index < -0.39 is 5.97 Å². The quantitative estimate of drug-likeness (QED) is 0.594. The van der Waals surface area contributed by atoms with E-state index in [1.165, 1.54) is 0 Å². The summed E-state index contributed by atoms with van der Waals surface area (Å²) in [5.41, 5.74) is 0. The van der Waals surface area contributed by atoms with Gasteiger partial charge in [-0.15, -0.1) is 0 Å². The summed E-state index contributed by atoms with van der Waals surface area (Å²) in [7, 11) is 0. The Morgan fingerprint density at radius 1 is 1.67 bits per heavy atom. The molecule has 1 N–H and O–H groups in total. The Hall–Kier alpha value is -0.290. The number of thiocarbonyl (C=S) groups is 1. The third-order valence-electron chi connectivity index (χ3n) is 2.52. The van der Waals surface area contributed by atoms with E-state index in [-0.39, 0.29) is 6.04 Å². The smallest absolute Gasteiger partial charge is 0.326 e. The molecule has 0 aliphatic carbocycles. The Kier molecular flexibility index (Phi) is 5.39. The number of aliphatic carboxylic acids is 1. The normalized spacial score (nSPS) is 20.6. The van der Waals surface area contributed by atoms with Gasteiger partial charge in [0.1, 0.15) is 6.04 Å². The molecule has 1 rings (SSSR count). The number of rotatable bonds is 5. The van der Waals surface area contributed by atoms with Crippen LogP contribution in [0.1, 0.15) is 26.2 Å². The SMILES string of the molecule is CCSCCC(=S)N1CCC[C@H]1C(=O)O. The minimum atomic E-state index is -0.738. The lowest BCUT2D eigenvalue weighted by atomic mass is 10.2. The van der Waals surface area contributed by atoms with E-state index in [1.807, 2.05) is 16.7 Å². The van der Waals surface area contributed by atoms with Crippen molar-refractivity contribution in [2.75, 3.05) is 18.1 Å². The van der Waals surface area contributed by atoms with Crippen molar-refractivity contribution in [3.8, 4) is 0 Å². The summed E-state index contributed by atoms with van der Waals surface area (Å²) in [6.07, 6.45) is 2.51. The van der Waals surface area contributed by atoms with E-state index >= 15 is 0 Å². The first-order valence-electron chi connectivity index (χ1n) is 5.26. The molecule has 1 aliphatic rings. The fraction of sp³-hybridized carbons (Fsp3) is 0.800. The minimum Gasteiger partial charge on any atom is -0.480 e. The second-order valence-corrected chi connectivity index (χ2v) is 5.40. The number of hydrogen-bond acceptors (Lipinski definition) is 3. The van der Waals surface area contributed by atoms with E-state index in [9.17, 15) is 4.79 Å². The molecule has 86 valence electrons. The standard InChI is InChI=1S/C10H17NO2S2/c1-2-15-7-5-9(14)11-6-3-4-8(11)10(12)13/h8H,2-7H2,1H3,(H,12,13)/t8-/m0/s1. The number of carboxylic acids is 1. The number of nitrogens with zero attached hydrogens (tertiary/aromatic N) is 1. The van der Waals surface area contributed by atoms with Crippen LogP contribution in [0.25, 0.3) is 0 Å². The van der Waals surface area contributed by atoms with Gasteiger partial charge < -0.3 is 10.0 Å². The van der Waals surface area contributed by atoms with Gasteiger partial charge in [0.05, 0.1) is 4.99 Å². The summed E-state index contributed by atoms with van der Waals surface area (Å²) in [6, 6.07) is -0.371. The van der Waals surface area contributed by atoms with Crippen molar-refractivity contribution < 1.29 is 9.90 Å². The van der Waals surface area contributed by atoms with Gasteiger partial charge in [-0.25, -0.2) is 4.79 Å². The van der Waals surface area contributed by atoms with Crippen molar-refractivity contribution in [1.29, 1.82) is 0 Å². The van der Waals surface area contributed by atoms with Crippen molar-refractivity contribution in [2.45, 2.75) is 32.2 Å². The molecule has 3 nitrogen and oxygen atoms in total. The van der Waals surface area contributed by atoms with Crippen molar-refractivity contribution in [1.82, 2.24) is 4.90 Å². The molecule has 1 heterocycles. The van der Waals surface area contributed by atoms with Gasteiger partial charge in [-0.1, -0.05) is 19.1 Å². The average molecular weight is 247 g/mol. The first-order chi connectivity index (χ1) is 7.16. The molecule has 1 aliphatic heterocycles. The molecule has 0 aromatic rings. The lowest BCUT2D eigenvalue weighted by molar-refractivity contribution is -0.140. The molecule has 1 saturated heterocycles. The van der Waals surface area contributed by atoms with Crippen LogP contribution in [0.4, 0.5) is 0 Å². The number of hydrogen-bond donors (Lipinski definition) is 1. The Morgan fingerprint density at radius 3 is 3.00 bits per heavy atom. The van der Waals surface area contributed by atoms with Crippen LogP contribution in [-0.2, 0) is 4.79 Å². The molecule has 0 aromatic carbocycles. The molecule has 15 heavy (non-hydrogen) atoms. The van der Waals surface area contributed by atoms with Gasteiger partial charge in [0, 0.05) is 13.0 Å². The number of carboxylic acid groups (broad SMARTS) is 1. The zero-order valence-corrected chi connectivity index (χ0v) is 10.6. The highest BCUT2D eigenvalue weighted by atomic mass is 32.2. The minimum absolute atomic E-state index is 0.371. The first-order valence-corrected chi connectivity index (χ1v) is 6.83. The molecule has 0 radical (unpaired) electrons. The summed E-state index contributed by atoms with van der Waals surface area (Å²) < 4.78 is 0. The van der Waals surface area contributed by atoms with Crippen LogP contribution in [0.15, 0.2) is 0 Å². The molecule has 0 amide bonds. The monoisotopic (exact) mass is 247 g/mol. The largest absolute Gasteiger partial charge is 0.480 e. The van der Waals surface area contributed by atoms with Crippen molar-refractivity contribution in [2.24, 2.45) is 0 Å². The van der Waals surface area contributed by atoms with Gasteiger partial charge in [0.25, 0.3) is 0 Å². The van der Waals surface area contributed by atoms with Gasteiger partial charge in [-0.05, 0) is 24.3 Å². The van der Waals surface area contributed by atoms with Crippen LogP contribution in [0.3, 0.4) is 0 Å². The zero-order chi connectivity index (χ0) is 11.3. The summed E-state index contributed by atoms with van der Waals surface area (Å²) in [5.74, 6) is 1.35. The molecule has 0 aromatic heterocycles. The molecule has 1 atom stereocenters. The number of thioether (sulfide) groups is 1. The van der Waals surface area contributed by atoms with E-state index in [2.05, 4.69) is 6.92 Å². The number of carbonyl (C=O) groups is 1. The summed E-state index contributed by atoms with van der Waals surface area (Å²) in [6.45, 7) is 2.93. The summed E-state index contributed by atoms with van der Waals surface area (Å²) in [5, 5.41) is 9.00. The van der Waals surface area contributed by atoms with Crippen molar-refractivity contribution >= 4 is 34.9 Å². The fourth-order valence-corrected chi connectivity index (χ4v) is 2.85. The molecule has 0 spiro atoms. The van der Waals surface area contributed by atoms with Gasteiger partial charge in [0.15, 0.2) is 0 Å². The van der Waals surface area contributed by atoms with E-state index in [0.29, 0.717) is 0 Å². The highest BCUT2D eigenvalue weighted by Gasteiger charge is 2.31. The summed E-state index contributed by atoms with van der Waals surface area (Å²) in [4.78, 5) is 13.6. The summed E-state index contributed by atoms with van der Waals surface area (Å²) >= 11 is 7.12. The Labute approximate surface area is 100 Å². The Morgan fingerprint density at radius 2 is 2.40 bits per heavy atom. The topological polar surface area (TPSA) is 40.5 Å². The second-order valence-electron chi connectivity index (χ2n) is 3.53. The Balaban J connectivity index is 2.40. The maximum absolute atomic E-state index is 10.9. The lowest BCUT2D eigenvalue weighted by Gasteiger charge is -2.24. The van der Waals surface area contributed by atoms with Crippen LogP contribution in [-0.4, -0.2) is 45.1 Å². The fourth-order valence-electron chi connectivity index (χ4n) is 1.77.